The Balaban J connectivity index is 2.02. The molecule has 2 rings (SSSR count). The number of ether oxygens (including phenoxy) is 2. The highest BCUT2D eigenvalue weighted by molar-refractivity contribution is 5.78. The minimum atomic E-state index is -0.523. The highest BCUT2D eigenvalue weighted by Crippen LogP contribution is 2.31. The van der Waals surface area contributed by atoms with Gasteiger partial charge in [-0.1, -0.05) is 0 Å². The third-order valence-electron chi connectivity index (χ3n) is 3.18. The van der Waals surface area contributed by atoms with Crippen LogP contribution in [0.15, 0.2) is 18.2 Å². The summed E-state index contributed by atoms with van der Waals surface area (Å²) in [5, 5.41) is 13.9. The Morgan fingerprint density at radius 3 is 2.71 bits per heavy atom. The smallest absolute Gasteiger partial charge is 0.273 e. The molecule has 1 fully saturated rings. The Bertz CT molecular complexity index is 529. The van der Waals surface area contributed by atoms with Gasteiger partial charge in [-0.25, -0.2) is 0 Å². The number of carbonyl (C=O) groups excluding carboxylic acids is 1. The number of carbonyl (C=O) groups is 1. The summed E-state index contributed by atoms with van der Waals surface area (Å²) in [5.74, 6) is 0.397. The zero-order valence-electron chi connectivity index (χ0n) is 11.7. The molecule has 21 heavy (non-hydrogen) atoms. The minimum absolute atomic E-state index is 0.111. The fourth-order valence-electron chi connectivity index (χ4n) is 2.04. The Morgan fingerprint density at radius 1 is 1.38 bits per heavy atom. The number of benzene rings is 1. The van der Waals surface area contributed by atoms with Crippen molar-refractivity contribution in [2.24, 2.45) is 0 Å². The Morgan fingerprint density at radius 2 is 2.10 bits per heavy atom. The van der Waals surface area contributed by atoms with Crippen LogP contribution >= 0.6 is 0 Å². The van der Waals surface area contributed by atoms with Crippen molar-refractivity contribution in [3.8, 4) is 11.5 Å². The maximum Gasteiger partial charge on any atom is 0.273 e. The third-order valence-corrected chi connectivity index (χ3v) is 3.18. The summed E-state index contributed by atoms with van der Waals surface area (Å²) in [5.41, 5.74) is -0.111. The zero-order chi connectivity index (χ0) is 15.2. The number of nitrogens with one attached hydrogen (secondary N) is 1. The minimum Gasteiger partial charge on any atom is -0.493 e. The van der Waals surface area contributed by atoms with Crippen molar-refractivity contribution in [1.29, 1.82) is 0 Å². The molecule has 0 aromatic heterocycles. The molecule has 1 aliphatic rings. The predicted octanol–water partition coefficient (Wildman–Crippen LogP) is 0.414. The molecule has 1 N–H and O–H groups in total. The van der Waals surface area contributed by atoms with Gasteiger partial charge < -0.3 is 19.7 Å². The van der Waals surface area contributed by atoms with Crippen LogP contribution in [0.4, 0.5) is 5.69 Å². The molecule has 1 heterocycles. The Hall–Kier alpha value is -2.35. The van der Waals surface area contributed by atoms with Crippen molar-refractivity contribution in [1.82, 2.24) is 10.2 Å². The van der Waals surface area contributed by atoms with Crippen LogP contribution in [0.5, 0.6) is 11.5 Å². The van der Waals surface area contributed by atoms with E-state index in [4.69, 9.17) is 9.47 Å². The predicted molar refractivity (Wildman–Crippen MR) is 74.6 cm³/mol. The second-order valence-electron chi connectivity index (χ2n) is 4.51. The summed E-state index contributed by atoms with van der Waals surface area (Å²) in [6.07, 6.45) is 0. The number of non-ortho nitro benzene ring substituents is 1. The van der Waals surface area contributed by atoms with Crippen molar-refractivity contribution >= 4 is 11.6 Å². The summed E-state index contributed by atoms with van der Waals surface area (Å²) < 4.78 is 10.5. The summed E-state index contributed by atoms with van der Waals surface area (Å²) in [6.45, 7) is 2.61. The van der Waals surface area contributed by atoms with E-state index in [-0.39, 0.29) is 24.0 Å². The van der Waals surface area contributed by atoms with Crippen LogP contribution in [0.2, 0.25) is 0 Å². The molecule has 8 heteroatoms. The van der Waals surface area contributed by atoms with Crippen LogP contribution in [0.1, 0.15) is 0 Å². The Kier molecular flexibility index (Phi) is 4.94. The molecular formula is C13H17N3O5. The highest BCUT2D eigenvalue weighted by Gasteiger charge is 2.18. The molecular weight excluding hydrogens is 278 g/mol. The average Bonchev–Trinajstić information content (AvgIpc) is 2.53. The van der Waals surface area contributed by atoms with Gasteiger partial charge in [0, 0.05) is 32.2 Å². The molecule has 1 aromatic carbocycles. The van der Waals surface area contributed by atoms with Crippen LogP contribution in [0.25, 0.3) is 0 Å². The fraction of sp³-hybridized carbons (Fsp3) is 0.462. The second-order valence-corrected chi connectivity index (χ2v) is 4.51. The number of nitrogens with zero attached hydrogens (tertiary/aromatic N) is 2. The molecule has 0 unspecified atom stereocenters. The van der Waals surface area contributed by atoms with E-state index in [1.807, 2.05) is 0 Å². The first-order chi connectivity index (χ1) is 10.1. The van der Waals surface area contributed by atoms with E-state index in [9.17, 15) is 14.9 Å². The van der Waals surface area contributed by atoms with E-state index in [2.05, 4.69) is 5.32 Å². The first-order valence-corrected chi connectivity index (χ1v) is 6.55. The number of piperazine rings is 1. The summed E-state index contributed by atoms with van der Waals surface area (Å²) in [4.78, 5) is 23.9. The number of nitro groups is 1. The lowest BCUT2D eigenvalue weighted by atomic mass is 10.3. The van der Waals surface area contributed by atoms with E-state index in [1.165, 1.54) is 25.3 Å². The lowest BCUT2D eigenvalue weighted by Gasteiger charge is -2.27. The van der Waals surface area contributed by atoms with Gasteiger partial charge in [-0.2, -0.15) is 0 Å². The average molecular weight is 295 g/mol. The van der Waals surface area contributed by atoms with Crippen LogP contribution < -0.4 is 14.8 Å². The number of methoxy groups -OCH3 is 1. The van der Waals surface area contributed by atoms with Gasteiger partial charge in [0.1, 0.15) is 0 Å². The number of hydrogen-bond donors (Lipinski definition) is 1. The van der Waals surface area contributed by atoms with Gasteiger partial charge in [0.25, 0.3) is 11.6 Å². The van der Waals surface area contributed by atoms with Crippen LogP contribution in [0, 0.1) is 10.1 Å². The molecule has 1 amide bonds. The summed E-state index contributed by atoms with van der Waals surface area (Å²) in [6, 6.07) is 4.02. The fourth-order valence-corrected chi connectivity index (χ4v) is 2.04. The van der Waals surface area contributed by atoms with Gasteiger partial charge in [0.15, 0.2) is 18.1 Å². The molecule has 0 bridgehead atoms. The maximum atomic E-state index is 12.0. The monoisotopic (exact) mass is 295 g/mol. The highest BCUT2D eigenvalue weighted by atomic mass is 16.6. The lowest BCUT2D eigenvalue weighted by molar-refractivity contribution is -0.385. The number of rotatable bonds is 5. The van der Waals surface area contributed by atoms with Crippen molar-refractivity contribution in [3.63, 3.8) is 0 Å². The largest absolute Gasteiger partial charge is 0.493 e. The van der Waals surface area contributed by atoms with Gasteiger partial charge in [-0.15, -0.1) is 0 Å². The van der Waals surface area contributed by atoms with E-state index in [0.717, 1.165) is 13.1 Å². The molecule has 1 saturated heterocycles. The normalized spacial score (nSPS) is 14.6. The van der Waals surface area contributed by atoms with Gasteiger partial charge in [0.05, 0.1) is 18.1 Å². The molecule has 8 nitrogen and oxygen atoms in total. The third kappa shape index (κ3) is 3.82. The molecule has 0 atom stereocenters. The van der Waals surface area contributed by atoms with Gasteiger partial charge >= 0.3 is 0 Å². The van der Waals surface area contributed by atoms with E-state index >= 15 is 0 Å². The lowest BCUT2D eigenvalue weighted by Crippen LogP contribution is -2.47. The standard InChI is InChI=1S/C13H17N3O5/c1-20-11-3-2-10(16(18)19)8-12(11)21-9-13(17)15-6-4-14-5-7-15/h2-3,8,14H,4-7,9H2,1H3. The molecule has 114 valence electrons. The van der Waals surface area contributed by atoms with E-state index < -0.39 is 4.92 Å². The summed E-state index contributed by atoms with van der Waals surface area (Å²) in [7, 11) is 1.44. The summed E-state index contributed by atoms with van der Waals surface area (Å²) >= 11 is 0. The van der Waals surface area contributed by atoms with Crippen molar-refractivity contribution in [2.75, 3.05) is 39.9 Å². The molecule has 0 saturated carbocycles. The molecule has 1 aliphatic heterocycles. The molecule has 0 radical (unpaired) electrons. The number of hydrogen-bond acceptors (Lipinski definition) is 6. The van der Waals surface area contributed by atoms with Crippen molar-refractivity contribution in [3.05, 3.63) is 28.3 Å². The number of nitro benzene ring substituents is 1. The quantitative estimate of drug-likeness (QED) is 0.625. The van der Waals surface area contributed by atoms with Gasteiger partial charge in [-0.05, 0) is 6.07 Å². The van der Waals surface area contributed by atoms with E-state index in [0.29, 0.717) is 18.8 Å². The van der Waals surface area contributed by atoms with Gasteiger partial charge in [0.2, 0.25) is 0 Å². The van der Waals surface area contributed by atoms with Crippen molar-refractivity contribution in [2.45, 2.75) is 0 Å². The SMILES string of the molecule is COc1ccc([N+](=O)[O-])cc1OCC(=O)N1CCNCC1. The van der Waals surface area contributed by atoms with Crippen LogP contribution in [-0.2, 0) is 4.79 Å². The zero-order valence-corrected chi connectivity index (χ0v) is 11.7. The topological polar surface area (TPSA) is 93.9 Å². The van der Waals surface area contributed by atoms with Crippen molar-refractivity contribution < 1.29 is 19.2 Å². The van der Waals surface area contributed by atoms with Crippen LogP contribution in [-0.4, -0.2) is 55.6 Å². The maximum absolute atomic E-state index is 12.0. The molecule has 0 aliphatic carbocycles. The molecule has 1 aromatic rings. The second kappa shape index (κ2) is 6.89. The number of amides is 1. The first-order valence-electron chi connectivity index (χ1n) is 6.55. The molecule has 0 spiro atoms. The van der Waals surface area contributed by atoms with E-state index in [1.54, 1.807) is 4.90 Å². The first kappa shape index (κ1) is 15.0. The Labute approximate surface area is 121 Å². The van der Waals surface area contributed by atoms with Crippen LogP contribution in [0.3, 0.4) is 0 Å². The van der Waals surface area contributed by atoms with Gasteiger partial charge in [-0.3, -0.25) is 14.9 Å².